The van der Waals surface area contributed by atoms with Crippen LogP contribution in [0.5, 0.6) is 0 Å². The van der Waals surface area contributed by atoms with Gasteiger partial charge in [-0.2, -0.15) is 11.3 Å². The van der Waals surface area contributed by atoms with E-state index in [9.17, 15) is 4.79 Å². The van der Waals surface area contributed by atoms with Crippen molar-refractivity contribution >= 4 is 17.2 Å². The molecule has 3 rings (SSSR count). The lowest BCUT2D eigenvalue weighted by atomic mass is 10.1. The van der Waals surface area contributed by atoms with Crippen LogP contribution in [0.15, 0.2) is 16.8 Å². The molecule has 1 amide bonds. The van der Waals surface area contributed by atoms with Gasteiger partial charge in [-0.05, 0) is 35.7 Å². The second-order valence-electron chi connectivity index (χ2n) is 5.52. The summed E-state index contributed by atoms with van der Waals surface area (Å²) in [7, 11) is 0. The molecule has 0 bridgehead atoms. The van der Waals surface area contributed by atoms with Crippen LogP contribution < -0.4 is 0 Å². The molecule has 1 aromatic heterocycles. The standard InChI is InChI=1S/C15H21NO4S/c1-11-8-16(9-13(20-11)12-3-6-21-10-12)14(17)7-15-18-4-2-5-19-15/h3,6,10-11,13,15H,2,4-5,7-9H2,1H3. The van der Waals surface area contributed by atoms with Gasteiger partial charge in [-0.15, -0.1) is 0 Å². The molecule has 2 saturated heterocycles. The third kappa shape index (κ3) is 3.83. The Labute approximate surface area is 128 Å². The van der Waals surface area contributed by atoms with Gasteiger partial charge in [0.05, 0.1) is 32.3 Å². The van der Waals surface area contributed by atoms with Crippen molar-refractivity contribution in [3.05, 3.63) is 22.4 Å². The van der Waals surface area contributed by atoms with Crippen LogP contribution in [0, 0.1) is 0 Å². The van der Waals surface area contributed by atoms with Gasteiger partial charge in [0.2, 0.25) is 5.91 Å². The number of morpholine rings is 1. The molecule has 6 heteroatoms. The minimum atomic E-state index is -0.385. The SMILES string of the molecule is CC1CN(C(=O)CC2OCCCO2)CC(c2ccsc2)O1. The van der Waals surface area contributed by atoms with E-state index < -0.39 is 0 Å². The Morgan fingerprint density at radius 1 is 1.38 bits per heavy atom. The Morgan fingerprint density at radius 3 is 2.90 bits per heavy atom. The average molecular weight is 311 g/mol. The molecule has 0 spiro atoms. The molecule has 0 radical (unpaired) electrons. The first-order chi connectivity index (χ1) is 10.2. The first-order valence-corrected chi connectivity index (χ1v) is 8.35. The maximum absolute atomic E-state index is 12.4. The van der Waals surface area contributed by atoms with E-state index in [4.69, 9.17) is 14.2 Å². The molecule has 2 aliphatic rings. The van der Waals surface area contributed by atoms with Gasteiger partial charge in [0, 0.05) is 6.54 Å². The average Bonchev–Trinajstić information content (AvgIpc) is 3.02. The number of nitrogens with zero attached hydrogens (tertiary/aromatic N) is 1. The van der Waals surface area contributed by atoms with Gasteiger partial charge in [-0.3, -0.25) is 4.79 Å². The zero-order chi connectivity index (χ0) is 14.7. The summed E-state index contributed by atoms with van der Waals surface area (Å²) < 4.78 is 16.9. The van der Waals surface area contributed by atoms with Gasteiger partial charge in [0.25, 0.3) is 0 Å². The topological polar surface area (TPSA) is 48.0 Å². The third-order valence-corrected chi connectivity index (χ3v) is 4.47. The molecule has 0 saturated carbocycles. The highest BCUT2D eigenvalue weighted by Crippen LogP contribution is 2.27. The quantitative estimate of drug-likeness (QED) is 0.858. The monoisotopic (exact) mass is 311 g/mol. The minimum absolute atomic E-state index is 0.0304. The van der Waals surface area contributed by atoms with E-state index in [1.807, 2.05) is 17.2 Å². The highest BCUT2D eigenvalue weighted by atomic mass is 32.1. The number of carbonyl (C=O) groups excluding carboxylic acids is 1. The Bertz CT molecular complexity index is 458. The number of hydrogen-bond acceptors (Lipinski definition) is 5. The van der Waals surface area contributed by atoms with Crippen molar-refractivity contribution in [1.29, 1.82) is 0 Å². The van der Waals surface area contributed by atoms with E-state index in [0.717, 1.165) is 12.0 Å². The van der Waals surface area contributed by atoms with Crippen LogP contribution >= 0.6 is 11.3 Å². The van der Waals surface area contributed by atoms with Crippen molar-refractivity contribution in [3.63, 3.8) is 0 Å². The van der Waals surface area contributed by atoms with Gasteiger partial charge in [0.1, 0.15) is 6.10 Å². The Kier molecular flexibility index (Phi) is 4.90. The van der Waals surface area contributed by atoms with Crippen molar-refractivity contribution in [2.75, 3.05) is 26.3 Å². The van der Waals surface area contributed by atoms with Crippen LogP contribution in [0.25, 0.3) is 0 Å². The molecule has 1 aromatic rings. The first-order valence-electron chi connectivity index (χ1n) is 7.41. The van der Waals surface area contributed by atoms with Crippen molar-refractivity contribution in [2.24, 2.45) is 0 Å². The number of carbonyl (C=O) groups is 1. The van der Waals surface area contributed by atoms with Crippen molar-refractivity contribution in [2.45, 2.75) is 38.3 Å². The van der Waals surface area contributed by atoms with Crippen LogP contribution in [-0.2, 0) is 19.0 Å². The third-order valence-electron chi connectivity index (χ3n) is 3.77. The summed E-state index contributed by atoms with van der Waals surface area (Å²) in [5.41, 5.74) is 1.15. The summed E-state index contributed by atoms with van der Waals surface area (Å²) in [5.74, 6) is 0.0808. The lowest BCUT2D eigenvalue weighted by Crippen LogP contribution is -2.47. The summed E-state index contributed by atoms with van der Waals surface area (Å²) >= 11 is 1.65. The highest BCUT2D eigenvalue weighted by Gasteiger charge is 2.31. The van der Waals surface area contributed by atoms with Crippen molar-refractivity contribution < 1.29 is 19.0 Å². The lowest BCUT2D eigenvalue weighted by Gasteiger charge is -2.37. The fourth-order valence-electron chi connectivity index (χ4n) is 2.72. The molecule has 0 aliphatic carbocycles. The van der Waals surface area contributed by atoms with E-state index >= 15 is 0 Å². The fraction of sp³-hybridized carbons (Fsp3) is 0.667. The predicted molar refractivity (Wildman–Crippen MR) is 79.1 cm³/mol. The Hall–Kier alpha value is -0.950. The number of ether oxygens (including phenoxy) is 3. The second kappa shape index (κ2) is 6.87. The molecule has 0 aromatic carbocycles. The molecular weight excluding hydrogens is 290 g/mol. The van der Waals surface area contributed by atoms with Crippen LogP contribution in [0.3, 0.4) is 0 Å². The number of rotatable bonds is 3. The van der Waals surface area contributed by atoms with Crippen molar-refractivity contribution in [1.82, 2.24) is 4.90 Å². The maximum atomic E-state index is 12.4. The van der Waals surface area contributed by atoms with E-state index in [2.05, 4.69) is 11.4 Å². The van der Waals surface area contributed by atoms with Crippen LogP contribution in [0.1, 0.15) is 31.4 Å². The second-order valence-corrected chi connectivity index (χ2v) is 6.30. The maximum Gasteiger partial charge on any atom is 0.227 e. The van der Waals surface area contributed by atoms with E-state index in [1.165, 1.54) is 0 Å². The summed E-state index contributed by atoms with van der Waals surface area (Å²) in [6, 6.07) is 2.06. The van der Waals surface area contributed by atoms with E-state index in [1.54, 1.807) is 11.3 Å². The van der Waals surface area contributed by atoms with Gasteiger partial charge in [-0.1, -0.05) is 0 Å². The molecule has 2 fully saturated rings. The Balaban J connectivity index is 1.59. The van der Waals surface area contributed by atoms with E-state index in [0.29, 0.717) is 32.7 Å². The summed E-state index contributed by atoms with van der Waals surface area (Å²) in [6.45, 7) is 4.59. The van der Waals surface area contributed by atoms with Crippen LogP contribution in [-0.4, -0.2) is 49.5 Å². The van der Waals surface area contributed by atoms with Crippen LogP contribution in [0.2, 0.25) is 0 Å². The predicted octanol–water partition coefficient (Wildman–Crippen LogP) is 2.19. The van der Waals surface area contributed by atoms with Gasteiger partial charge in [0.15, 0.2) is 6.29 Å². The number of thiophene rings is 1. The molecular formula is C15H21NO4S. The molecule has 0 N–H and O–H groups in total. The summed E-state index contributed by atoms with van der Waals surface area (Å²) in [5, 5.41) is 4.12. The number of hydrogen-bond donors (Lipinski definition) is 0. The molecule has 5 nitrogen and oxygen atoms in total. The zero-order valence-corrected chi connectivity index (χ0v) is 13.0. The molecule has 3 heterocycles. The minimum Gasteiger partial charge on any atom is -0.367 e. The molecule has 2 atom stereocenters. The molecule has 2 aliphatic heterocycles. The van der Waals surface area contributed by atoms with E-state index in [-0.39, 0.29) is 24.4 Å². The fourth-order valence-corrected chi connectivity index (χ4v) is 3.43. The Morgan fingerprint density at radius 2 is 2.19 bits per heavy atom. The molecule has 116 valence electrons. The highest BCUT2D eigenvalue weighted by molar-refractivity contribution is 7.07. The van der Waals surface area contributed by atoms with Gasteiger partial charge in [-0.25, -0.2) is 0 Å². The summed E-state index contributed by atoms with van der Waals surface area (Å²) in [6.07, 6.45) is 0.824. The zero-order valence-electron chi connectivity index (χ0n) is 12.2. The van der Waals surface area contributed by atoms with Gasteiger partial charge >= 0.3 is 0 Å². The summed E-state index contributed by atoms with van der Waals surface area (Å²) in [4.78, 5) is 14.3. The molecule has 2 unspecified atom stereocenters. The van der Waals surface area contributed by atoms with Crippen LogP contribution in [0.4, 0.5) is 0 Å². The van der Waals surface area contributed by atoms with Crippen molar-refractivity contribution in [3.8, 4) is 0 Å². The van der Waals surface area contributed by atoms with Gasteiger partial charge < -0.3 is 19.1 Å². The number of amides is 1. The smallest absolute Gasteiger partial charge is 0.227 e. The molecule has 21 heavy (non-hydrogen) atoms. The lowest BCUT2D eigenvalue weighted by molar-refractivity contribution is -0.190. The first kappa shape index (κ1) is 15.0. The normalized spacial score (nSPS) is 27.8. The largest absolute Gasteiger partial charge is 0.367 e.